The van der Waals surface area contributed by atoms with E-state index in [0.29, 0.717) is 16.4 Å². The van der Waals surface area contributed by atoms with E-state index in [2.05, 4.69) is 0 Å². The van der Waals surface area contributed by atoms with Crippen molar-refractivity contribution in [1.29, 1.82) is 0 Å². The molecule has 0 atom stereocenters. The van der Waals surface area contributed by atoms with Crippen LogP contribution in [-0.2, 0) is 14.3 Å². The summed E-state index contributed by atoms with van der Waals surface area (Å²) in [6.45, 7) is 2.04. The van der Waals surface area contributed by atoms with Crippen molar-refractivity contribution in [3.05, 3.63) is 0 Å². The molecule has 3 nitrogen and oxygen atoms in total. The fourth-order valence-electron chi connectivity index (χ4n) is 0.600. The number of Topliss-reactive ketones (excluding diaryl/α,β-unsaturated/α-hetero) is 1. The van der Waals surface area contributed by atoms with Gasteiger partial charge in [0.05, 0.1) is 0 Å². The first kappa shape index (κ1) is 14.7. The number of ketones is 1. The van der Waals surface area contributed by atoms with Gasteiger partial charge in [0.25, 0.3) is 0 Å². The molecule has 0 heterocycles. The van der Waals surface area contributed by atoms with Gasteiger partial charge >= 0.3 is 108 Å². The van der Waals surface area contributed by atoms with Crippen molar-refractivity contribution < 1.29 is 14.3 Å². The summed E-state index contributed by atoms with van der Waals surface area (Å²) in [6, 6.07) is 0. The number of ether oxygens (including phenoxy) is 1. The molecule has 0 bridgehead atoms. The van der Waals surface area contributed by atoms with Crippen LogP contribution in [-0.4, -0.2) is 48.5 Å². The standard InChI is InChI=1S/C8H13O3S2.Po.H/c1-3-12-13-6-11-8(10)5-4-7(2)9;;/h2-6H2,1H3;;. The Morgan fingerprint density at radius 2 is 2.00 bits per heavy atom. The minimum atomic E-state index is -0.269. The first-order valence-corrected chi connectivity index (χ1v) is 9.18. The van der Waals surface area contributed by atoms with Gasteiger partial charge in [-0.3, -0.25) is 0 Å². The monoisotopic (exact) mass is 431 g/mol. The first-order valence-electron chi connectivity index (χ1n) is 4.23. The normalized spacial score (nSPS) is 9.86. The zero-order valence-corrected chi connectivity index (χ0v) is 13.1. The summed E-state index contributed by atoms with van der Waals surface area (Å²) in [5.41, 5.74) is 0. The van der Waals surface area contributed by atoms with Gasteiger partial charge in [-0.15, -0.1) is 0 Å². The number of hydrogen-bond donors (Lipinski definition) is 0. The zero-order chi connectivity index (χ0) is 10.8. The quantitative estimate of drug-likeness (QED) is 0.253. The fraction of sp³-hybridized carbons (Fsp3) is 0.750. The Hall–Kier alpha value is 0.736. The molecule has 6 heteroatoms. The van der Waals surface area contributed by atoms with E-state index in [4.69, 9.17) is 4.74 Å². The third kappa shape index (κ3) is 9.30. The van der Waals surface area contributed by atoms with E-state index >= 15 is 0 Å². The van der Waals surface area contributed by atoms with Crippen LogP contribution in [0, 0.1) is 0 Å². The van der Waals surface area contributed by atoms with Crippen molar-refractivity contribution >= 4 is 58.4 Å². The van der Waals surface area contributed by atoms with Crippen molar-refractivity contribution in [2.45, 2.75) is 23.8 Å². The van der Waals surface area contributed by atoms with Crippen LogP contribution in [0.1, 0.15) is 19.8 Å². The minimum absolute atomic E-state index is 0.158. The summed E-state index contributed by atoms with van der Waals surface area (Å²) < 4.78 is 5.50. The Morgan fingerprint density at radius 1 is 1.29 bits per heavy atom. The molecule has 0 aliphatic heterocycles. The maximum absolute atomic E-state index is 11.0. The van der Waals surface area contributed by atoms with Crippen molar-refractivity contribution in [1.82, 2.24) is 0 Å². The van der Waals surface area contributed by atoms with Gasteiger partial charge in [-0.2, -0.15) is 0 Å². The van der Waals surface area contributed by atoms with Gasteiger partial charge in [0.15, 0.2) is 0 Å². The molecule has 0 spiro atoms. The SMILES string of the molecule is CCSSCOC(=O)CCC(=O)[CH2][PoH]. The Labute approximate surface area is 108 Å². The molecule has 0 aromatic carbocycles. The van der Waals surface area contributed by atoms with E-state index in [9.17, 15) is 9.59 Å². The van der Waals surface area contributed by atoms with Crippen LogP contribution in [0.4, 0.5) is 0 Å². The van der Waals surface area contributed by atoms with E-state index in [-0.39, 0.29) is 18.2 Å². The van der Waals surface area contributed by atoms with Crippen molar-refractivity contribution in [2.24, 2.45) is 0 Å². The zero-order valence-electron chi connectivity index (χ0n) is 8.02. The Morgan fingerprint density at radius 3 is 2.57 bits per heavy atom. The topological polar surface area (TPSA) is 43.4 Å². The molecule has 0 radical (unpaired) electrons. The summed E-state index contributed by atoms with van der Waals surface area (Å²) in [4.78, 5) is 21.9. The van der Waals surface area contributed by atoms with E-state index in [1.54, 1.807) is 10.8 Å². The number of carbonyl (C=O) groups is 2. The average molecular weight is 431 g/mol. The molecule has 0 amide bonds. The van der Waals surface area contributed by atoms with E-state index in [1.165, 1.54) is 10.8 Å². The van der Waals surface area contributed by atoms with Gasteiger partial charge in [0.2, 0.25) is 0 Å². The van der Waals surface area contributed by atoms with E-state index in [1.807, 2.05) is 6.92 Å². The Balaban J connectivity index is 3.32. The summed E-state index contributed by atoms with van der Waals surface area (Å²) in [7, 11) is 3.17. The third-order valence-corrected chi connectivity index (χ3v) is 4.74. The van der Waals surface area contributed by atoms with Gasteiger partial charge in [-0.1, -0.05) is 0 Å². The first-order chi connectivity index (χ1) is 6.70. The number of esters is 1. The van der Waals surface area contributed by atoms with Crippen LogP contribution >= 0.6 is 21.6 Å². The van der Waals surface area contributed by atoms with Crippen molar-refractivity contribution in [3.8, 4) is 0 Å². The third-order valence-electron chi connectivity index (χ3n) is 1.25. The molecule has 14 heavy (non-hydrogen) atoms. The molecule has 0 saturated heterocycles. The maximum atomic E-state index is 11.0. The second kappa shape index (κ2) is 10.3. The summed E-state index contributed by atoms with van der Waals surface area (Å²) in [5, 5.41) is 0. The number of carbonyl (C=O) groups excluding carboxylic acids is 2. The van der Waals surface area contributed by atoms with Gasteiger partial charge < -0.3 is 0 Å². The van der Waals surface area contributed by atoms with Gasteiger partial charge in [0.1, 0.15) is 0 Å². The van der Waals surface area contributed by atoms with Gasteiger partial charge in [0, 0.05) is 0 Å². The van der Waals surface area contributed by atoms with Crippen LogP contribution in [0.3, 0.4) is 0 Å². The Bertz CT molecular complexity index is 187. The molecular formula is C8H14O3PoS2. The molecule has 0 saturated carbocycles. The predicted molar refractivity (Wildman–Crippen MR) is 62.9 cm³/mol. The molecule has 0 fully saturated rings. The van der Waals surface area contributed by atoms with Crippen LogP contribution in [0.2, 0.25) is 4.08 Å². The van der Waals surface area contributed by atoms with Crippen LogP contribution in [0.5, 0.6) is 0 Å². The van der Waals surface area contributed by atoms with Crippen LogP contribution in [0.15, 0.2) is 0 Å². The van der Waals surface area contributed by atoms with Gasteiger partial charge in [-0.25, -0.2) is 0 Å². The van der Waals surface area contributed by atoms with Crippen molar-refractivity contribution in [3.63, 3.8) is 0 Å². The van der Waals surface area contributed by atoms with Crippen LogP contribution < -0.4 is 0 Å². The fourth-order valence-corrected chi connectivity index (χ4v) is 2.48. The average Bonchev–Trinajstić information content (AvgIpc) is 2.21. The summed E-state index contributed by atoms with van der Waals surface area (Å²) in [6.07, 6.45) is 0.564. The van der Waals surface area contributed by atoms with Gasteiger partial charge in [-0.05, 0) is 0 Å². The second-order valence-electron chi connectivity index (χ2n) is 2.36. The van der Waals surface area contributed by atoms with E-state index in [0.717, 1.165) is 30.8 Å². The molecule has 0 aliphatic rings. The van der Waals surface area contributed by atoms with E-state index < -0.39 is 0 Å². The molecule has 82 valence electrons. The predicted octanol–water partition coefficient (Wildman–Crippen LogP) is 1.56. The molecular weight excluding hydrogens is 417 g/mol. The Kier molecular flexibility index (Phi) is 10.8. The molecule has 0 rings (SSSR count). The summed E-state index contributed by atoms with van der Waals surface area (Å²) >= 11 is 1.06. The second-order valence-corrected chi connectivity index (χ2v) is 6.28. The molecule has 0 unspecified atom stereocenters. The molecule has 0 aromatic rings. The summed E-state index contributed by atoms with van der Waals surface area (Å²) in [5.74, 6) is 1.27. The van der Waals surface area contributed by atoms with Crippen molar-refractivity contribution in [2.75, 3.05) is 11.7 Å². The molecule has 0 aliphatic carbocycles. The van der Waals surface area contributed by atoms with Crippen LogP contribution in [0.25, 0.3) is 0 Å². The number of hydrogen-bond acceptors (Lipinski definition) is 5. The molecule has 0 N–H and O–H groups in total. The molecule has 0 aromatic heterocycles. The number of rotatable bonds is 8.